The molecule has 7 heteroatoms. The highest BCUT2D eigenvalue weighted by molar-refractivity contribution is 6.31. The van der Waals surface area contributed by atoms with Gasteiger partial charge in [-0.3, -0.25) is 4.79 Å². The number of nitrogens with zero attached hydrogens (tertiary/aromatic N) is 2. The molecule has 2 heterocycles. The maximum absolute atomic E-state index is 13.3. The van der Waals surface area contributed by atoms with Gasteiger partial charge >= 0.3 is 0 Å². The van der Waals surface area contributed by atoms with Crippen molar-refractivity contribution >= 4 is 29.1 Å². The van der Waals surface area contributed by atoms with Crippen LogP contribution < -0.4 is 10.6 Å². The Labute approximate surface area is 160 Å². The zero-order chi connectivity index (χ0) is 18.8. The number of benzene rings is 2. The summed E-state index contributed by atoms with van der Waals surface area (Å²) in [5, 5.41) is 6.55. The van der Waals surface area contributed by atoms with Gasteiger partial charge in [0.1, 0.15) is 5.82 Å². The number of hydrogen-bond acceptors (Lipinski definition) is 4. The van der Waals surface area contributed by atoms with E-state index in [4.69, 9.17) is 11.6 Å². The highest BCUT2D eigenvalue weighted by atomic mass is 35.5. The summed E-state index contributed by atoms with van der Waals surface area (Å²) < 4.78 is 13.3. The molecule has 1 aliphatic heterocycles. The first-order valence-electron chi connectivity index (χ1n) is 8.52. The first kappa shape index (κ1) is 17.4. The number of aromatic nitrogens is 2. The van der Waals surface area contributed by atoms with Crippen LogP contribution in [0.25, 0.3) is 11.3 Å². The minimum Gasteiger partial charge on any atom is -0.354 e. The number of amides is 1. The SMILES string of the molecule is O=C1Cc2cnc(NCCc3cccc(F)c3)nc2-c2ccc(Cl)cc2N1. The molecule has 1 aromatic heterocycles. The molecule has 0 bridgehead atoms. The van der Waals surface area contributed by atoms with Crippen molar-refractivity contribution in [2.75, 3.05) is 17.2 Å². The largest absolute Gasteiger partial charge is 0.354 e. The molecule has 136 valence electrons. The van der Waals surface area contributed by atoms with E-state index in [2.05, 4.69) is 20.6 Å². The molecule has 5 nitrogen and oxygen atoms in total. The molecule has 0 radical (unpaired) electrons. The van der Waals surface area contributed by atoms with Crippen LogP contribution >= 0.6 is 11.6 Å². The maximum Gasteiger partial charge on any atom is 0.228 e. The van der Waals surface area contributed by atoms with Gasteiger partial charge in [0.05, 0.1) is 17.8 Å². The zero-order valence-electron chi connectivity index (χ0n) is 14.3. The van der Waals surface area contributed by atoms with Crippen molar-refractivity contribution in [3.8, 4) is 11.3 Å². The summed E-state index contributed by atoms with van der Waals surface area (Å²) in [4.78, 5) is 21.0. The van der Waals surface area contributed by atoms with Gasteiger partial charge < -0.3 is 10.6 Å². The number of anilines is 2. The molecule has 0 fully saturated rings. The Balaban J connectivity index is 1.57. The minimum absolute atomic E-state index is 0.132. The van der Waals surface area contributed by atoms with Gasteiger partial charge in [0.25, 0.3) is 0 Å². The Morgan fingerprint density at radius 1 is 1.22 bits per heavy atom. The minimum atomic E-state index is -0.249. The summed E-state index contributed by atoms with van der Waals surface area (Å²) in [6, 6.07) is 11.8. The predicted octanol–water partition coefficient (Wildman–Crippen LogP) is 4.09. The van der Waals surface area contributed by atoms with Crippen molar-refractivity contribution in [3.63, 3.8) is 0 Å². The van der Waals surface area contributed by atoms with Crippen LogP contribution in [0.5, 0.6) is 0 Å². The van der Waals surface area contributed by atoms with Crippen molar-refractivity contribution in [3.05, 3.63) is 70.6 Å². The Hall–Kier alpha value is -2.99. The van der Waals surface area contributed by atoms with E-state index in [9.17, 15) is 9.18 Å². The topological polar surface area (TPSA) is 66.9 Å². The quantitative estimate of drug-likeness (QED) is 0.713. The lowest BCUT2D eigenvalue weighted by Gasteiger charge is -2.11. The fraction of sp³-hybridized carbons (Fsp3) is 0.150. The van der Waals surface area contributed by atoms with Gasteiger partial charge in [0.2, 0.25) is 11.9 Å². The molecule has 3 aromatic rings. The average molecular weight is 383 g/mol. The normalized spacial score (nSPS) is 12.6. The highest BCUT2D eigenvalue weighted by Crippen LogP contribution is 2.34. The summed E-state index contributed by atoms with van der Waals surface area (Å²) in [6.45, 7) is 0.562. The van der Waals surface area contributed by atoms with Crippen LogP contribution in [-0.4, -0.2) is 22.4 Å². The molecule has 1 aliphatic rings. The number of halogens is 2. The van der Waals surface area contributed by atoms with E-state index >= 15 is 0 Å². The number of rotatable bonds is 4. The summed E-state index contributed by atoms with van der Waals surface area (Å²) >= 11 is 6.05. The summed E-state index contributed by atoms with van der Waals surface area (Å²) in [5.41, 5.74) is 3.78. The van der Waals surface area contributed by atoms with Crippen molar-refractivity contribution in [2.24, 2.45) is 0 Å². The zero-order valence-corrected chi connectivity index (χ0v) is 15.1. The lowest BCUT2D eigenvalue weighted by Crippen LogP contribution is -2.13. The van der Waals surface area contributed by atoms with Gasteiger partial charge in [0, 0.05) is 28.9 Å². The molecule has 0 aliphatic carbocycles. The van der Waals surface area contributed by atoms with Crippen LogP contribution in [-0.2, 0) is 17.6 Å². The fourth-order valence-corrected chi connectivity index (χ4v) is 3.23. The summed E-state index contributed by atoms with van der Waals surface area (Å²) in [5.74, 6) is 0.0781. The van der Waals surface area contributed by atoms with Crippen LogP contribution in [0, 0.1) is 5.82 Å². The molecular formula is C20H16ClFN4O. The standard InChI is InChI=1S/C20H16ClFN4O/c21-14-4-5-16-17(10-14)25-18(27)9-13-11-24-20(26-19(13)16)23-7-6-12-2-1-3-15(22)8-12/h1-5,8,10-11H,6-7,9H2,(H,25,27)(H,23,24,26). The van der Waals surface area contributed by atoms with Crippen LogP contribution in [0.3, 0.4) is 0 Å². The van der Waals surface area contributed by atoms with E-state index < -0.39 is 0 Å². The van der Waals surface area contributed by atoms with Crippen LogP contribution in [0.2, 0.25) is 5.02 Å². The molecule has 0 saturated carbocycles. The smallest absolute Gasteiger partial charge is 0.228 e. The van der Waals surface area contributed by atoms with Crippen molar-refractivity contribution in [1.82, 2.24) is 9.97 Å². The third kappa shape index (κ3) is 3.90. The van der Waals surface area contributed by atoms with E-state index in [0.29, 0.717) is 35.3 Å². The Morgan fingerprint density at radius 3 is 2.96 bits per heavy atom. The third-order valence-corrected chi connectivity index (χ3v) is 4.55. The lowest BCUT2D eigenvalue weighted by atomic mass is 10.1. The first-order valence-corrected chi connectivity index (χ1v) is 8.90. The molecular weight excluding hydrogens is 367 g/mol. The van der Waals surface area contributed by atoms with Crippen LogP contribution in [0.1, 0.15) is 11.1 Å². The van der Waals surface area contributed by atoms with E-state index in [-0.39, 0.29) is 18.1 Å². The molecule has 27 heavy (non-hydrogen) atoms. The van der Waals surface area contributed by atoms with Crippen LogP contribution in [0.15, 0.2) is 48.7 Å². The molecule has 0 spiro atoms. The highest BCUT2D eigenvalue weighted by Gasteiger charge is 2.21. The Bertz CT molecular complexity index is 1020. The monoisotopic (exact) mass is 382 g/mol. The first-order chi connectivity index (χ1) is 13.1. The third-order valence-electron chi connectivity index (χ3n) is 4.31. The molecule has 4 rings (SSSR count). The summed E-state index contributed by atoms with van der Waals surface area (Å²) in [7, 11) is 0. The second-order valence-corrected chi connectivity index (χ2v) is 6.73. The van der Waals surface area contributed by atoms with Gasteiger partial charge in [-0.2, -0.15) is 0 Å². The van der Waals surface area contributed by atoms with E-state index in [0.717, 1.165) is 16.7 Å². The molecule has 2 N–H and O–H groups in total. The number of carbonyl (C=O) groups is 1. The van der Waals surface area contributed by atoms with E-state index in [1.54, 1.807) is 24.4 Å². The van der Waals surface area contributed by atoms with Gasteiger partial charge in [-0.25, -0.2) is 14.4 Å². The second kappa shape index (κ2) is 7.32. The average Bonchev–Trinajstić information content (AvgIpc) is 2.76. The van der Waals surface area contributed by atoms with Gasteiger partial charge in [0.15, 0.2) is 0 Å². The van der Waals surface area contributed by atoms with Crippen molar-refractivity contribution in [2.45, 2.75) is 12.8 Å². The lowest BCUT2D eigenvalue weighted by molar-refractivity contribution is -0.115. The van der Waals surface area contributed by atoms with Crippen molar-refractivity contribution in [1.29, 1.82) is 0 Å². The molecule has 0 saturated heterocycles. The second-order valence-electron chi connectivity index (χ2n) is 6.29. The molecule has 1 amide bonds. The van der Waals surface area contributed by atoms with Crippen LogP contribution in [0.4, 0.5) is 16.0 Å². The van der Waals surface area contributed by atoms with E-state index in [1.165, 1.54) is 12.1 Å². The fourth-order valence-electron chi connectivity index (χ4n) is 3.06. The number of hydrogen-bond donors (Lipinski definition) is 2. The Kier molecular flexibility index (Phi) is 4.73. The van der Waals surface area contributed by atoms with Crippen molar-refractivity contribution < 1.29 is 9.18 Å². The molecule has 2 aromatic carbocycles. The molecule has 0 unspecified atom stereocenters. The predicted molar refractivity (Wildman–Crippen MR) is 103 cm³/mol. The Morgan fingerprint density at radius 2 is 2.11 bits per heavy atom. The number of carbonyl (C=O) groups excluding carboxylic acids is 1. The maximum atomic E-state index is 13.3. The number of nitrogens with one attached hydrogen (secondary N) is 2. The number of fused-ring (bicyclic) bond motifs is 3. The van der Waals surface area contributed by atoms with Gasteiger partial charge in [-0.1, -0.05) is 23.7 Å². The molecule has 0 atom stereocenters. The van der Waals surface area contributed by atoms with Gasteiger partial charge in [-0.05, 0) is 42.3 Å². The summed E-state index contributed by atoms with van der Waals surface area (Å²) in [6.07, 6.45) is 2.51. The van der Waals surface area contributed by atoms with E-state index in [1.807, 2.05) is 12.1 Å². The van der Waals surface area contributed by atoms with Gasteiger partial charge in [-0.15, -0.1) is 0 Å².